The highest BCUT2D eigenvalue weighted by Gasteiger charge is 2.58. The summed E-state index contributed by atoms with van der Waals surface area (Å²) in [7, 11) is 5.47. The van der Waals surface area contributed by atoms with Gasteiger partial charge in [0.2, 0.25) is 0 Å². The van der Waals surface area contributed by atoms with E-state index in [2.05, 4.69) is 20.5 Å². The van der Waals surface area contributed by atoms with Crippen molar-refractivity contribution in [2.75, 3.05) is 40.8 Å². The Morgan fingerprint density at radius 2 is 1.68 bits per heavy atom. The van der Waals surface area contributed by atoms with Gasteiger partial charge in [-0.1, -0.05) is 39.3 Å². The van der Waals surface area contributed by atoms with Crippen LogP contribution < -0.4 is 15.4 Å². The molecule has 0 bridgehead atoms. The zero-order valence-corrected chi connectivity index (χ0v) is 41.1. The second-order valence-corrected chi connectivity index (χ2v) is 20.0. The predicted octanol–water partition coefficient (Wildman–Crippen LogP) is 4.06. The maximum atomic E-state index is 14.5. The number of methoxy groups -OCH3 is 1. The summed E-state index contributed by atoms with van der Waals surface area (Å²) in [5, 5.41) is 55.3. The molecule has 1 aromatic heterocycles. The fraction of sp³-hybridized carbons (Fsp3) is 0.870. The number of aliphatic hydroxyl groups is 4. The van der Waals surface area contributed by atoms with Crippen molar-refractivity contribution in [3.05, 3.63) is 23.5 Å². The number of aliphatic hydroxyl groups excluding tert-OH is 1. The van der Waals surface area contributed by atoms with Gasteiger partial charge in [-0.25, -0.2) is 4.98 Å². The summed E-state index contributed by atoms with van der Waals surface area (Å²) in [6.07, 6.45) is -4.79. The molecule has 4 rings (SSSR count). The first-order chi connectivity index (χ1) is 29.3. The molecule has 0 saturated carbocycles. The van der Waals surface area contributed by atoms with E-state index in [1.165, 1.54) is 13.1 Å². The average molecular weight is 918 g/mol. The van der Waals surface area contributed by atoms with Gasteiger partial charge >= 0.3 is 5.97 Å². The van der Waals surface area contributed by atoms with Gasteiger partial charge < -0.3 is 69.1 Å². The Balaban J connectivity index is 1.86. The lowest BCUT2D eigenvalue weighted by molar-refractivity contribution is -0.335. The predicted molar refractivity (Wildman–Crippen MR) is 239 cm³/mol. The minimum Gasteiger partial charge on any atom is -0.482 e. The van der Waals surface area contributed by atoms with E-state index in [-0.39, 0.29) is 43.9 Å². The van der Waals surface area contributed by atoms with E-state index in [0.29, 0.717) is 30.4 Å². The molecule has 3 saturated heterocycles. The van der Waals surface area contributed by atoms with Crippen LogP contribution in [0.15, 0.2) is 18.3 Å². The third-order valence-corrected chi connectivity index (χ3v) is 14.2. The summed E-state index contributed by atoms with van der Waals surface area (Å²) < 4.78 is 46.0. The van der Waals surface area contributed by atoms with Gasteiger partial charge in [0.25, 0.3) is 0 Å². The van der Waals surface area contributed by atoms with Gasteiger partial charge in [0.1, 0.15) is 39.9 Å². The van der Waals surface area contributed by atoms with Crippen molar-refractivity contribution in [2.24, 2.45) is 17.8 Å². The van der Waals surface area contributed by atoms with Crippen LogP contribution in [0.25, 0.3) is 0 Å². The zero-order chi connectivity index (χ0) is 47.2. The molecule has 16 nitrogen and oxygen atoms in total. The Morgan fingerprint density at radius 3 is 2.27 bits per heavy atom. The number of rotatable bonds is 13. The molecule has 4 heterocycles. The summed E-state index contributed by atoms with van der Waals surface area (Å²) in [6.45, 7) is 21.1. The number of nitrogens with one attached hydrogen (secondary N) is 2. The number of carbonyl (C=O) groups excluding carboxylic acids is 1. The quantitative estimate of drug-likeness (QED) is 0.0939. The van der Waals surface area contributed by atoms with Crippen LogP contribution >= 0.6 is 11.6 Å². The first kappa shape index (κ1) is 53.8. The monoisotopic (exact) mass is 917 g/mol. The van der Waals surface area contributed by atoms with Crippen LogP contribution in [0, 0.1) is 17.8 Å². The molecule has 3 fully saturated rings. The average Bonchev–Trinajstić information content (AvgIpc) is 3.22. The molecule has 0 amide bonds. The number of aromatic nitrogens is 1. The molecule has 0 spiro atoms. The van der Waals surface area contributed by atoms with Crippen molar-refractivity contribution in [1.29, 1.82) is 0 Å². The second-order valence-electron chi connectivity index (χ2n) is 19.6. The topological polar surface area (TPSA) is 203 Å². The lowest BCUT2D eigenvalue weighted by atomic mass is 9.75. The summed E-state index contributed by atoms with van der Waals surface area (Å²) >= 11 is 6.14. The largest absolute Gasteiger partial charge is 0.482 e. The number of esters is 1. The van der Waals surface area contributed by atoms with E-state index in [1.54, 1.807) is 53.9 Å². The fourth-order valence-corrected chi connectivity index (χ4v) is 10.0. The summed E-state index contributed by atoms with van der Waals surface area (Å²) in [5.74, 6) is -2.26. The number of nitrogens with zero attached hydrogens (tertiary/aromatic N) is 2. The number of pyridine rings is 1. The number of carbonyl (C=O) groups is 1. The standard InChI is InChI=1S/C46H81ClN4O12/c1-15-19-48-25-46(56)31(8)59-36(22-44(46,10)57-14)62-37-28(5)40(63-42-38(33(51(12)13)20-27(4)58-42)60-32-17-18-35(47)50-24-32)43(9,54)21-26(3)23-49-30(7)39(52)45(11,55)34(16-2)61-41(53)29(37)6/h17-18,24,26-31,33-34,36-40,42,48-49,52,54-56H,15-16,19-23,25H2,1-14H3/t26?,27-,28?,29?,30?,31+,33+,34?,36+,37?,38-,39?,40?,42+,43?,44-,45?,46+/m1/s1. The van der Waals surface area contributed by atoms with Crippen molar-refractivity contribution in [3.8, 4) is 5.75 Å². The number of hydrogen-bond acceptors (Lipinski definition) is 16. The molecule has 10 unspecified atom stereocenters. The Hall–Kier alpha value is -1.77. The van der Waals surface area contributed by atoms with Gasteiger partial charge in [0, 0.05) is 32.0 Å². The molecule has 63 heavy (non-hydrogen) atoms. The molecule has 0 aromatic carbocycles. The number of hydrogen-bond donors (Lipinski definition) is 6. The van der Waals surface area contributed by atoms with E-state index in [4.69, 9.17) is 44.8 Å². The van der Waals surface area contributed by atoms with Gasteiger partial charge in [-0.15, -0.1) is 0 Å². The van der Waals surface area contributed by atoms with Crippen LogP contribution in [-0.2, 0) is 33.2 Å². The van der Waals surface area contributed by atoms with Crippen molar-refractivity contribution >= 4 is 17.6 Å². The van der Waals surface area contributed by atoms with E-state index in [9.17, 15) is 25.2 Å². The number of cyclic esters (lactones) is 1. The molecule has 1 aromatic rings. The van der Waals surface area contributed by atoms with Crippen molar-refractivity contribution < 1.29 is 58.4 Å². The van der Waals surface area contributed by atoms with Crippen molar-refractivity contribution in [3.63, 3.8) is 0 Å². The van der Waals surface area contributed by atoms with Crippen LogP contribution in [-0.4, -0.2) is 167 Å². The molecule has 18 atom stereocenters. The third-order valence-electron chi connectivity index (χ3n) is 14.0. The van der Waals surface area contributed by atoms with Crippen LogP contribution in [0.1, 0.15) is 108 Å². The van der Waals surface area contributed by atoms with Crippen molar-refractivity contribution in [1.82, 2.24) is 20.5 Å². The number of likely N-dealkylation sites (N-methyl/N-ethyl adjacent to an activating group) is 1. The first-order valence-corrected chi connectivity index (χ1v) is 23.3. The van der Waals surface area contributed by atoms with Crippen molar-refractivity contribution in [2.45, 2.75) is 198 Å². The van der Waals surface area contributed by atoms with E-state index < -0.39 is 95.5 Å². The van der Waals surface area contributed by atoms with Gasteiger partial charge in [0.05, 0.1) is 48.2 Å². The maximum Gasteiger partial charge on any atom is 0.311 e. The summed E-state index contributed by atoms with van der Waals surface area (Å²) in [5.41, 5.74) is -6.02. The van der Waals surface area contributed by atoms with Crippen LogP contribution in [0.4, 0.5) is 0 Å². The Bertz CT molecular complexity index is 1580. The minimum atomic E-state index is -1.83. The Labute approximate surface area is 381 Å². The van der Waals surface area contributed by atoms with Crippen LogP contribution in [0.3, 0.4) is 0 Å². The SMILES string of the molecule is CCCNC[C@]1(O)[C@H](C)O[C@@H](OC2C(C)C(=O)OC(CC)C(C)(O)C(O)C(C)NCC(C)CC(C)(O)C(O[C@@H]3O[C@H](C)C[C@H](N(C)C)[C@H]3Oc3ccc(Cl)nc3)C2C)C[C@@]1(C)OC. The maximum absolute atomic E-state index is 14.5. The highest BCUT2D eigenvalue weighted by molar-refractivity contribution is 6.29. The molecule has 0 radical (unpaired) electrons. The molecular weight excluding hydrogens is 836 g/mol. The van der Waals surface area contributed by atoms with E-state index in [0.717, 1.165) is 6.42 Å². The smallest absolute Gasteiger partial charge is 0.311 e. The zero-order valence-electron chi connectivity index (χ0n) is 40.3. The molecule has 3 aliphatic rings. The molecular formula is C46H81ClN4O12. The van der Waals surface area contributed by atoms with Gasteiger partial charge in [-0.05, 0) is 119 Å². The highest BCUT2D eigenvalue weighted by Crippen LogP contribution is 2.43. The summed E-state index contributed by atoms with van der Waals surface area (Å²) in [4.78, 5) is 20.8. The number of halogens is 1. The minimum absolute atomic E-state index is 0.0862. The Kier molecular flexibility index (Phi) is 19.1. The summed E-state index contributed by atoms with van der Waals surface area (Å²) in [6, 6.07) is 2.57. The lowest BCUT2D eigenvalue weighted by Crippen LogP contribution is -2.70. The van der Waals surface area contributed by atoms with E-state index in [1.807, 2.05) is 48.7 Å². The fourth-order valence-electron chi connectivity index (χ4n) is 9.91. The molecule has 6 N–H and O–H groups in total. The third kappa shape index (κ3) is 12.6. The molecule has 3 aliphatic heterocycles. The Morgan fingerprint density at radius 1 is 1.00 bits per heavy atom. The van der Waals surface area contributed by atoms with E-state index >= 15 is 0 Å². The number of ether oxygens (including phenoxy) is 7. The van der Waals surface area contributed by atoms with Gasteiger partial charge in [0.15, 0.2) is 18.7 Å². The first-order valence-electron chi connectivity index (χ1n) is 23.0. The van der Waals surface area contributed by atoms with Gasteiger partial charge in [-0.2, -0.15) is 0 Å². The molecule has 364 valence electrons. The van der Waals surface area contributed by atoms with Crippen LogP contribution in [0.5, 0.6) is 5.75 Å². The van der Waals surface area contributed by atoms with Crippen LogP contribution in [0.2, 0.25) is 5.15 Å². The highest BCUT2D eigenvalue weighted by atomic mass is 35.5. The molecule has 0 aliphatic carbocycles. The molecule has 17 heteroatoms. The lowest BCUT2D eigenvalue weighted by Gasteiger charge is -2.53. The van der Waals surface area contributed by atoms with Gasteiger partial charge in [-0.3, -0.25) is 4.79 Å². The normalized spacial score (nSPS) is 43.8. The second kappa shape index (κ2) is 22.4.